The number of aromatic amines is 1. The molecule has 2 aromatic rings. The lowest BCUT2D eigenvalue weighted by Crippen LogP contribution is -2.68. The summed E-state index contributed by atoms with van der Waals surface area (Å²) in [5.41, 5.74) is 0.766. The van der Waals surface area contributed by atoms with Crippen LogP contribution in [0.25, 0.3) is 10.2 Å². The molecule has 3 saturated heterocycles. The van der Waals surface area contributed by atoms with Crippen LogP contribution in [0.15, 0.2) is 11.4 Å². The Balaban J connectivity index is 1.40. The minimum atomic E-state index is -3.10. The Morgan fingerprint density at radius 3 is 2.86 bits per heavy atom. The number of carbonyl (C=O) groups is 3. The molecule has 0 spiro atoms. The molecule has 3 amide bonds. The molecule has 3 aliphatic heterocycles. The van der Waals surface area contributed by atoms with Crippen LogP contribution in [0.4, 0.5) is 8.78 Å². The predicted octanol–water partition coefficient (Wildman–Crippen LogP) is 3.44. The number of H-pyrrole nitrogens is 1. The molecule has 6 rings (SSSR count). The molecule has 12 heteroatoms. The van der Waals surface area contributed by atoms with Crippen LogP contribution in [0, 0.1) is 23.2 Å². The van der Waals surface area contributed by atoms with Crippen LogP contribution in [0.3, 0.4) is 0 Å². The molecule has 1 aliphatic carbocycles. The molecule has 4 fully saturated rings. The zero-order valence-electron chi connectivity index (χ0n) is 18.7. The number of nitrogens with zero attached hydrogens (tertiary/aromatic N) is 2. The van der Waals surface area contributed by atoms with Crippen LogP contribution in [-0.4, -0.2) is 58.2 Å². The number of alkyl halides is 2. The number of aromatic nitrogens is 1. The maximum Gasteiger partial charge on any atom is 0.271 e. The van der Waals surface area contributed by atoms with Crippen molar-refractivity contribution in [3.05, 3.63) is 22.2 Å². The van der Waals surface area contributed by atoms with Crippen LogP contribution in [0.2, 0.25) is 5.02 Å². The van der Waals surface area contributed by atoms with Gasteiger partial charge in [0.2, 0.25) is 11.8 Å². The Morgan fingerprint density at radius 1 is 1.37 bits per heavy atom. The number of amides is 3. The number of hydrogen-bond donors (Lipinski definition) is 3. The predicted molar refractivity (Wildman–Crippen MR) is 125 cm³/mol. The molecule has 5 atom stereocenters. The zero-order chi connectivity index (χ0) is 24.9. The van der Waals surface area contributed by atoms with Crippen molar-refractivity contribution in [2.24, 2.45) is 11.8 Å². The molecule has 2 bridgehead atoms. The zero-order valence-corrected chi connectivity index (χ0v) is 20.2. The number of thiophene rings is 1. The summed E-state index contributed by atoms with van der Waals surface area (Å²) in [6, 6.07) is 0.338. The largest absolute Gasteiger partial charge is 0.356 e. The van der Waals surface area contributed by atoms with Gasteiger partial charge in [-0.1, -0.05) is 11.6 Å². The fraction of sp³-hybridized carbons (Fsp3) is 0.565. The summed E-state index contributed by atoms with van der Waals surface area (Å²) in [5, 5.41) is 17.1. The van der Waals surface area contributed by atoms with E-state index in [0.29, 0.717) is 29.9 Å². The van der Waals surface area contributed by atoms with E-state index in [1.54, 1.807) is 11.4 Å². The normalized spacial score (nSPS) is 28.4. The number of halogens is 3. The molecule has 3 N–H and O–H groups in total. The third kappa shape index (κ3) is 4.27. The number of piperidine rings is 3. The van der Waals surface area contributed by atoms with E-state index in [4.69, 9.17) is 11.6 Å². The topological polar surface area (TPSA) is 118 Å². The third-order valence-electron chi connectivity index (χ3n) is 7.37. The van der Waals surface area contributed by atoms with Gasteiger partial charge in [0.25, 0.3) is 11.8 Å². The Hall–Kier alpha value is -2.71. The van der Waals surface area contributed by atoms with Crippen molar-refractivity contribution in [1.82, 2.24) is 20.5 Å². The number of nitrogens with one attached hydrogen (secondary N) is 3. The monoisotopic (exact) mass is 523 g/mol. The maximum atomic E-state index is 14.9. The van der Waals surface area contributed by atoms with Crippen molar-refractivity contribution in [2.45, 2.75) is 62.6 Å². The second-order valence-corrected chi connectivity index (χ2v) is 10.8. The lowest BCUT2D eigenvalue weighted by Gasteiger charge is -2.53. The number of rotatable bonds is 5. The van der Waals surface area contributed by atoms with Crippen LogP contribution >= 0.6 is 22.9 Å². The molecule has 0 radical (unpaired) electrons. The molecule has 2 aromatic heterocycles. The van der Waals surface area contributed by atoms with E-state index in [0.717, 1.165) is 11.1 Å². The first-order valence-corrected chi connectivity index (χ1v) is 12.9. The van der Waals surface area contributed by atoms with Gasteiger partial charge in [0.05, 0.1) is 27.2 Å². The SMILES string of the molecule is N#C[C@@H](C[C@H]1CCCNC1=O)NC(=O)[C@@H]1[C@H]2CC[C@H](CC2(F)F)N1C(=O)c1cc2scc(Cl)c2[nH]1. The van der Waals surface area contributed by atoms with Crippen LogP contribution in [0.1, 0.15) is 49.0 Å². The van der Waals surface area contributed by atoms with Gasteiger partial charge in [-0.05, 0) is 38.2 Å². The molecule has 4 aliphatic rings. The summed E-state index contributed by atoms with van der Waals surface area (Å²) >= 11 is 7.50. The van der Waals surface area contributed by atoms with Crippen molar-refractivity contribution in [1.29, 1.82) is 5.26 Å². The van der Waals surface area contributed by atoms with Gasteiger partial charge in [-0.15, -0.1) is 11.3 Å². The van der Waals surface area contributed by atoms with Crippen molar-refractivity contribution < 1.29 is 23.2 Å². The number of fused-ring (bicyclic) bond motifs is 4. The second kappa shape index (κ2) is 9.06. The van der Waals surface area contributed by atoms with Crippen molar-refractivity contribution in [2.75, 3.05) is 6.54 Å². The Morgan fingerprint density at radius 2 is 2.17 bits per heavy atom. The summed E-state index contributed by atoms with van der Waals surface area (Å²) in [6.07, 6.45) is 1.41. The number of hydrogen-bond acceptors (Lipinski definition) is 5. The Bertz CT molecular complexity index is 1220. The first kappa shape index (κ1) is 24.0. The van der Waals surface area contributed by atoms with Crippen molar-refractivity contribution >= 4 is 50.9 Å². The van der Waals surface area contributed by atoms with E-state index >= 15 is 0 Å². The van der Waals surface area contributed by atoms with Gasteiger partial charge in [0, 0.05) is 30.3 Å². The lowest BCUT2D eigenvalue weighted by atomic mass is 9.71. The smallest absolute Gasteiger partial charge is 0.271 e. The summed E-state index contributed by atoms with van der Waals surface area (Å²) in [7, 11) is 0. The highest BCUT2D eigenvalue weighted by molar-refractivity contribution is 7.17. The summed E-state index contributed by atoms with van der Waals surface area (Å²) in [6.45, 7) is 0.567. The average molecular weight is 524 g/mol. The molecule has 0 unspecified atom stereocenters. The minimum absolute atomic E-state index is 0.0879. The average Bonchev–Trinajstić information content (AvgIpc) is 3.40. The van der Waals surface area contributed by atoms with Gasteiger partial charge >= 0.3 is 0 Å². The standard InChI is InChI=1S/C23H24ClF2N5O3S/c24-15-10-35-17-7-16(30-18(15)17)22(34)31-13-3-4-14(23(25,26)8-13)19(31)21(33)29-12(9-27)6-11-2-1-5-28-20(11)32/h7,10-14,19,30H,1-6,8H2,(H,28,32)(H,29,33)/t11-,12-,13-,14-,19+/m1/s1. The Kier molecular flexibility index (Phi) is 6.21. The highest BCUT2D eigenvalue weighted by atomic mass is 35.5. The highest BCUT2D eigenvalue weighted by Gasteiger charge is 2.60. The maximum absolute atomic E-state index is 14.9. The summed E-state index contributed by atoms with van der Waals surface area (Å²) in [5.74, 6) is -6.42. The van der Waals surface area contributed by atoms with Gasteiger partial charge in [0.1, 0.15) is 17.8 Å². The van der Waals surface area contributed by atoms with Crippen molar-refractivity contribution in [3.63, 3.8) is 0 Å². The minimum Gasteiger partial charge on any atom is -0.356 e. The first-order valence-electron chi connectivity index (χ1n) is 11.6. The van der Waals surface area contributed by atoms with Gasteiger partial charge in [-0.2, -0.15) is 5.26 Å². The molecule has 5 heterocycles. The van der Waals surface area contributed by atoms with Gasteiger partial charge < -0.3 is 20.5 Å². The summed E-state index contributed by atoms with van der Waals surface area (Å²) < 4.78 is 30.6. The fourth-order valence-corrected chi connectivity index (χ4v) is 6.83. The first-order chi connectivity index (χ1) is 16.7. The summed E-state index contributed by atoms with van der Waals surface area (Å²) in [4.78, 5) is 43.2. The molecular formula is C23H24ClF2N5O3S. The van der Waals surface area contributed by atoms with E-state index in [1.807, 2.05) is 6.07 Å². The number of nitriles is 1. The molecule has 35 heavy (non-hydrogen) atoms. The molecular weight excluding hydrogens is 500 g/mol. The molecule has 0 aromatic carbocycles. The molecule has 8 nitrogen and oxygen atoms in total. The van der Waals surface area contributed by atoms with Gasteiger partial charge in [0.15, 0.2) is 0 Å². The van der Waals surface area contributed by atoms with Crippen LogP contribution in [0.5, 0.6) is 0 Å². The lowest BCUT2D eigenvalue weighted by molar-refractivity contribution is -0.179. The van der Waals surface area contributed by atoms with Crippen LogP contribution < -0.4 is 10.6 Å². The van der Waals surface area contributed by atoms with E-state index in [-0.39, 0.29) is 24.4 Å². The van der Waals surface area contributed by atoms with E-state index in [2.05, 4.69) is 15.6 Å². The van der Waals surface area contributed by atoms with E-state index in [9.17, 15) is 28.4 Å². The molecule has 186 valence electrons. The van der Waals surface area contributed by atoms with E-state index < -0.39 is 54.1 Å². The highest BCUT2D eigenvalue weighted by Crippen LogP contribution is 2.49. The second-order valence-electron chi connectivity index (χ2n) is 9.52. The van der Waals surface area contributed by atoms with Gasteiger partial charge in [-0.3, -0.25) is 14.4 Å². The molecule has 1 saturated carbocycles. The van der Waals surface area contributed by atoms with Gasteiger partial charge in [-0.25, -0.2) is 8.78 Å². The fourth-order valence-electron chi connectivity index (χ4n) is 5.68. The van der Waals surface area contributed by atoms with Crippen molar-refractivity contribution in [3.8, 4) is 6.07 Å². The number of carbonyl (C=O) groups excluding carboxylic acids is 3. The Labute approximate surface area is 209 Å². The van der Waals surface area contributed by atoms with E-state index in [1.165, 1.54) is 16.2 Å². The third-order valence-corrected chi connectivity index (χ3v) is 8.73. The van der Waals surface area contributed by atoms with Crippen LogP contribution in [-0.2, 0) is 9.59 Å². The quantitative estimate of drug-likeness (QED) is 0.556.